The van der Waals surface area contributed by atoms with Crippen LogP contribution in [0.25, 0.3) is 0 Å². The molecule has 2 aromatic rings. The van der Waals surface area contributed by atoms with Crippen molar-refractivity contribution in [2.24, 2.45) is 10.9 Å². The molecule has 28 heavy (non-hydrogen) atoms. The first-order chi connectivity index (χ1) is 12.3. The van der Waals surface area contributed by atoms with Crippen molar-refractivity contribution < 1.29 is 27.6 Å². The molecule has 2 aliphatic carbocycles. The lowest BCUT2D eigenvalue weighted by molar-refractivity contribution is 0.106. The first-order valence-electron chi connectivity index (χ1n) is 7.76. The number of oxime groups is 1. The molecule has 0 bridgehead atoms. The van der Waals surface area contributed by atoms with Crippen LogP contribution in [0.15, 0.2) is 29.4 Å². The van der Waals surface area contributed by atoms with Gasteiger partial charge in [0.25, 0.3) is 0 Å². The average Bonchev–Trinajstić information content (AvgIpc) is 3.08. The van der Waals surface area contributed by atoms with E-state index >= 15 is 0 Å². The Kier molecular flexibility index (Phi) is 7.46. The molecule has 3 N–H and O–H groups in total. The highest BCUT2D eigenvalue weighted by atomic mass is 19.2. The van der Waals surface area contributed by atoms with Crippen molar-refractivity contribution in [2.75, 3.05) is 0 Å². The zero-order valence-electron chi connectivity index (χ0n) is 13.4. The van der Waals surface area contributed by atoms with E-state index in [4.69, 9.17) is 10.9 Å². The number of carbonyl (C=O) groups excluding carboxylic acids is 1. The van der Waals surface area contributed by atoms with E-state index in [0.717, 1.165) is 23.3 Å². The third kappa shape index (κ3) is 4.39. The standard InChI is InChI=1S/C9H5F2NO2.C9H9F2N.2CH4/c10-6-1-4-2-8(12-14)9(13)5(4)3-7(6)11;10-8-3-5-1-7(12)2-6(5)4-9(8)11;;/h1,3,14H,2H2;3-4,7H,1-2,12H2;2*1H4/b12-8+;;;. The fourth-order valence-corrected chi connectivity index (χ4v) is 3.09. The van der Waals surface area contributed by atoms with Crippen LogP contribution in [0.4, 0.5) is 17.6 Å². The van der Waals surface area contributed by atoms with Crippen LogP contribution < -0.4 is 5.73 Å². The van der Waals surface area contributed by atoms with E-state index in [1.165, 1.54) is 12.1 Å². The van der Waals surface area contributed by atoms with Gasteiger partial charge >= 0.3 is 0 Å². The van der Waals surface area contributed by atoms with Gasteiger partial charge in [-0.1, -0.05) is 20.0 Å². The molecule has 8 heteroatoms. The van der Waals surface area contributed by atoms with E-state index in [1.807, 2.05) is 0 Å². The van der Waals surface area contributed by atoms with Crippen LogP contribution in [-0.4, -0.2) is 22.7 Å². The van der Waals surface area contributed by atoms with Gasteiger partial charge < -0.3 is 10.9 Å². The number of hydrogen-bond acceptors (Lipinski definition) is 4. The summed E-state index contributed by atoms with van der Waals surface area (Å²) in [5.41, 5.74) is 7.66. The maximum Gasteiger partial charge on any atom is 0.211 e. The number of rotatable bonds is 0. The van der Waals surface area contributed by atoms with Gasteiger partial charge in [-0.2, -0.15) is 0 Å². The Hall–Kier alpha value is -2.74. The van der Waals surface area contributed by atoms with Crippen molar-refractivity contribution in [3.8, 4) is 0 Å². The molecule has 0 heterocycles. The Bertz CT molecular complexity index is 898. The molecular formula is C20H22F4N2O2. The molecule has 0 saturated carbocycles. The van der Waals surface area contributed by atoms with E-state index in [2.05, 4.69) is 5.16 Å². The lowest BCUT2D eigenvalue weighted by Gasteiger charge is -1.98. The molecule has 4 nitrogen and oxygen atoms in total. The van der Waals surface area contributed by atoms with Crippen molar-refractivity contribution >= 4 is 11.5 Å². The number of hydrogen-bond donors (Lipinski definition) is 2. The van der Waals surface area contributed by atoms with Crippen LogP contribution in [0.2, 0.25) is 0 Å². The summed E-state index contributed by atoms with van der Waals surface area (Å²) < 4.78 is 50.9. The minimum Gasteiger partial charge on any atom is -0.411 e. The zero-order chi connectivity index (χ0) is 19.0. The average molecular weight is 398 g/mol. The Labute approximate surface area is 160 Å². The normalized spacial score (nSPS) is 15.9. The van der Waals surface area contributed by atoms with Crippen LogP contribution in [0, 0.1) is 23.3 Å². The first kappa shape index (κ1) is 23.3. The highest BCUT2D eigenvalue weighted by molar-refractivity contribution is 6.49. The zero-order valence-corrected chi connectivity index (χ0v) is 13.4. The smallest absolute Gasteiger partial charge is 0.211 e. The molecule has 0 aromatic heterocycles. The van der Waals surface area contributed by atoms with Crippen molar-refractivity contribution in [3.63, 3.8) is 0 Å². The quantitative estimate of drug-likeness (QED) is 0.397. The number of ketones is 1. The molecule has 0 radical (unpaired) electrons. The van der Waals surface area contributed by atoms with Gasteiger partial charge in [0.05, 0.1) is 0 Å². The number of nitrogens with two attached hydrogens (primary N) is 1. The van der Waals surface area contributed by atoms with Crippen molar-refractivity contribution in [1.29, 1.82) is 0 Å². The summed E-state index contributed by atoms with van der Waals surface area (Å²) in [5.74, 6) is -4.18. The fourth-order valence-electron chi connectivity index (χ4n) is 3.09. The van der Waals surface area contributed by atoms with Gasteiger partial charge in [0, 0.05) is 18.0 Å². The van der Waals surface area contributed by atoms with Gasteiger partial charge in [-0.05, 0) is 53.8 Å². The van der Waals surface area contributed by atoms with Crippen LogP contribution in [-0.2, 0) is 19.3 Å². The van der Waals surface area contributed by atoms with Gasteiger partial charge in [0.15, 0.2) is 23.3 Å². The number of halogens is 4. The van der Waals surface area contributed by atoms with Crippen LogP contribution in [0.3, 0.4) is 0 Å². The topological polar surface area (TPSA) is 75.7 Å². The summed E-state index contributed by atoms with van der Waals surface area (Å²) in [5, 5.41) is 11.2. The molecule has 0 atom stereocenters. The second-order valence-corrected chi connectivity index (χ2v) is 6.18. The summed E-state index contributed by atoms with van der Waals surface area (Å²) >= 11 is 0. The van der Waals surface area contributed by atoms with Gasteiger partial charge in [0.2, 0.25) is 5.78 Å². The highest BCUT2D eigenvalue weighted by Gasteiger charge is 2.28. The highest BCUT2D eigenvalue weighted by Crippen LogP contribution is 2.24. The minimum atomic E-state index is -1.07. The maximum atomic E-state index is 12.7. The summed E-state index contributed by atoms with van der Waals surface area (Å²) in [6, 6.07) is 4.29. The second-order valence-electron chi connectivity index (χ2n) is 6.18. The van der Waals surface area contributed by atoms with Crippen LogP contribution >= 0.6 is 0 Å². The van der Waals surface area contributed by atoms with Gasteiger partial charge in [0.1, 0.15) is 5.71 Å². The Morgan fingerprint density at radius 2 is 1.29 bits per heavy atom. The number of nitrogens with zero attached hydrogens (tertiary/aromatic N) is 1. The fraction of sp³-hybridized carbons (Fsp3) is 0.300. The molecule has 2 aromatic carbocycles. The second kappa shape index (κ2) is 8.97. The predicted molar refractivity (Wildman–Crippen MR) is 98.8 cm³/mol. The van der Waals surface area contributed by atoms with E-state index in [9.17, 15) is 22.4 Å². The summed E-state index contributed by atoms with van der Waals surface area (Å²) in [4.78, 5) is 11.3. The summed E-state index contributed by atoms with van der Waals surface area (Å²) in [6.07, 6.45) is 1.36. The molecule has 0 saturated heterocycles. The Morgan fingerprint density at radius 3 is 1.75 bits per heavy atom. The number of benzene rings is 2. The molecule has 152 valence electrons. The number of fused-ring (bicyclic) bond motifs is 2. The molecular weight excluding hydrogens is 376 g/mol. The minimum absolute atomic E-state index is 0. The lowest BCUT2D eigenvalue weighted by Crippen LogP contribution is -2.18. The molecule has 2 aliphatic rings. The predicted octanol–water partition coefficient (Wildman–Crippen LogP) is 4.20. The molecule has 0 aliphatic heterocycles. The largest absolute Gasteiger partial charge is 0.411 e. The molecule has 0 fully saturated rings. The van der Waals surface area contributed by atoms with Gasteiger partial charge in [-0.25, -0.2) is 17.6 Å². The third-order valence-corrected chi connectivity index (χ3v) is 4.34. The Balaban J connectivity index is 0.000000264. The number of carbonyl (C=O) groups is 1. The molecule has 0 spiro atoms. The molecule has 0 unspecified atom stereocenters. The third-order valence-electron chi connectivity index (χ3n) is 4.34. The lowest BCUT2D eigenvalue weighted by atomic mass is 10.1. The van der Waals surface area contributed by atoms with Crippen LogP contribution in [0.1, 0.15) is 41.9 Å². The molecule has 4 rings (SSSR count). The first-order valence-corrected chi connectivity index (χ1v) is 7.76. The van der Waals surface area contributed by atoms with Crippen molar-refractivity contribution in [3.05, 3.63) is 69.8 Å². The van der Waals surface area contributed by atoms with E-state index < -0.39 is 29.1 Å². The van der Waals surface area contributed by atoms with Crippen LogP contribution in [0.5, 0.6) is 0 Å². The van der Waals surface area contributed by atoms with Gasteiger partial charge in [-0.3, -0.25) is 4.79 Å². The van der Waals surface area contributed by atoms with E-state index in [1.54, 1.807) is 0 Å². The summed E-state index contributed by atoms with van der Waals surface area (Å²) in [6.45, 7) is 0. The van der Waals surface area contributed by atoms with Crippen molar-refractivity contribution in [1.82, 2.24) is 0 Å². The maximum absolute atomic E-state index is 12.7. The van der Waals surface area contributed by atoms with Crippen molar-refractivity contribution in [2.45, 2.75) is 40.2 Å². The summed E-state index contributed by atoms with van der Waals surface area (Å²) in [7, 11) is 0. The van der Waals surface area contributed by atoms with Gasteiger partial charge in [-0.15, -0.1) is 0 Å². The monoisotopic (exact) mass is 398 g/mol. The Morgan fingerprint density at radius 1 is 0.857 bits per heavy atom. The SMILES string of the molecule is C.C.NC1Cc2cc(F)c(F)cc2C1.O=C1/C(=N/O)Cc2cc(F)c(F)cc21. The number of Topliss-reactive ketones (excluding diaryl/α,β-unsaturated/α-hetero) is 1. The molecule has 0 amide bonds. The van der Waals surface area contributed by atoms with E-state index in [0.29, 0.717) is 18.4 Å². The van der Waals surface area contributed by atoms with E-state index in [-0.39, 0.29) is 38.6 Å².